The summed E-state index contributed by atoms with van der Waals surface area (Å²) in [4.78, 5) is 17.0. The van der Waals surface area contributed by atoms with E-state index < -0.39 is 0 Å². The van der Waals surface area contributed by atoms with Gasteiger partial charge in [-0.15, -0.1) is 0 Å². The van der Waals surface area contributed by atoms with Crippen molar-refractivity contribution in [3.05, 3.63) is 66.0 Å². The van der Waals surface area contributed by atoms with Crippen molar-refractivity contribution in [3.8, 4) is 5.75 Å². The molecule has 0 saturated carbocycles. The molecule has 1 amide bonds. The van der Waals surface area contributed by atoms with Gasteiger partial charge in [0.1, 0.15) is 11.4 Å². The van der Waals surface area contributed by atoms with E-state index in [4.69, 9.17) is 4.74 Å². The van der Waals surface area contributed by atoms with Gasteiger partial charge >= 0.3 is 0 Å². The minimum atomic E-state index is -0.388. The Bertz CT molecular complexity index is 796. The third kappa shape index (κ3) is 3.28. The monoisotopic (exact) mass is 335 g/mol. The van der Waals surface area contributed by atoms with Crippen molar-refractivity contribution >= 4 is 11.5 Å². The number of piperidine rings is 1. The minimum absolute atomic E-state index is 0.0717. The lowest BCUT2D eigenvalue weighted by Crippen LogP contribution is -2.47. The molecular weight excluding hydrogens is 314 g/mol. The summed E-state index contributed by atoms with van der Waals surface area (Å²) in [7, 11) is 0. The molecule has 2 aromatic rings. The number of pyridine rings is 1. The number of nitrogens with one attached hydrogen (secondary N) is 2. The van der Waals surface area contributed by atoms with Crippen LogP contribution in [0.25, 0.3) is 5.57 Å². The van der Waals surface area contributed by atoms with E-state index >= 15 is 0 Å². The van der Waals surface area contributed by atoms with Gasteiger partial charge in [0.15, 0.2) is 0 Å². The summed E-state index contributed by atoms with van der Waals surface area (Å²) >= 11 is 0. The first-order chi connectivity index (χ1) is 12.3. The number of ether oxygens (including phenoxy) is 1. The lowest BCUT2D eigenvalue weighted by molar-refractivity contribution is -0.115. The van der Waals surface area contributed by atoms with Crippen LogP contribution in [0.2, 0.25) is 0 Å². The van der Waals surface area contributed by atoms with Crippen molar-refractivity contribution in [1.82, 2.24) is 15.6 Å². The Morgan fingerprint density at radius 2 is 2.04 bits per heavy atom. The quantitative estimate of drug-likeness (QED) is 0.903. The Kier molecular flexibility index (Phi) is 4.24. The fraction of sp³-hybridized carbons (Fsp3) is 0.300. The van der Waals surface area contributed by atoms with Crippen molar-refractivity contribution in [1.29, 1.82) is 0 Å². The zero-order valence-electron chi connectivity index (χ0n) is 14.0. The van der Waals surface area contributed by atoms with E-state index in [1.165, 1.54) is 0 Å². The Balaban J connectivity index is 1.61. The highest BCUT2D eigenvalue weighted by Crippen LogP contribution is 2.39. The van der Waals surface area contributed by atoms with Gasteiger partial charge in [0.2, 0.25) is 0 Å². The molecule has 0 radical (unpaired) electrons. The van der Waals surface area contributed by atoms with Crippen molar-refractivity contribution in [2.75, 3.05) is 13.1 Å². The van der Waals surface area contributed by atoms with Gasteiger partial charge in [-0.2, -0.15) is 0 Å². The summed E-state index contributed by atoms with van der Waals surface area (Å²) in [5.41, 5.74) is 2.15. The standard InChI is InChI=1S/C20H21N3O2/c24-19(23-14-15-4-3-9-22-13-15)17-12-20(7-10-21-11-8-20)25-18-6-2-1-5-16(17)18/h1-6,9,12-13,21H,7-8,10-11,14H2,(H,23,24). The first-order valence-corrected chi connectivity index (χ1v) is 8.65. The molecule has 1 fully saturated rings. The second kappa shape index (κ2) is 6.69. The van der Waals surface area contributed by atoms with E-state index in [0.717, 1.165) is 42.8 Å². The first kappa shape index (κ1) is 15.8. The third-order valence-corrected chi connectivity index (χ3v) is 4.77. The van der Waals surface area contributed by atoms with Crippen molar-refractivity contribution in [2.24, 2.45) is 0 Å². The van der Waals surface area contributed by atoms with Crippen molar-refractivity contribution in [2.45, 2.75) is 25.0 Å². The van der Waals surface area contributed by atoms with E-state index in [2.05, 4.69) is 15.6 Å². The highest BCUT2D eigenvalue weighted by Gasteiger charge is 2.38. The number of fused-ring (bicyclic) bond motifs is 1. The number of aromatic nitrogens is 1. The average molecular weight is 335 g/mol. The molecular formula is C20H21N3O2. The summed E-state index contributed by atoms with van der Waals surface area (Å²) < 4.78 is 6.30. The van der Waals surface area contributed by atoms with Gasteiger partial charge in [-0.1, -0.05) is 24.3 Å². The molecule has 4 rings (SSSR count). The minimum Gasteiger partial charge on any atom is -0.482 e. The molecule has 2 aliphatic heterocycles. The average Bonchev–Trinajstić information content (AvgIpc) is 2.67. The van der Waals surface area contributed by atoms with Crippen LogP contribution in [0.5, 0.6) is 5.75 Å². The number of benzene rings is 1. The summed E-state index contributed by atoms with van der Waals surface area (Å²) in [5, 5.41) is 6.37. The number of hydrogen-bond donors (Lipinski definition) is 2. The van der Waals surface area contributed by atoms with E-state index in [1.54, 1.807) is 12.4 Å². The summed E-state index contributed by atoms with van der Waals surface area (Å²) in [5.74, 6) is 0.718. The second-order valence-corrected chi connectivity index (χ2v) is 6.51. The number of carbonyl (C=O) groups excluding carboxylic acids is 1. The molecule has 1 aromatic carbocycles. The van der Waals surface area contributed by atoms with Gasteiger partial charge in [-0.05, 0) is 36.9 Å². The largest absolute Gasteiger partial charge is 0.482 e. The molecule has 0 bridgehead atoms. The van der Waals surface area contributed by atoms with Crippen LogP contribution in [0.15, 0.2) is 54.9 Å². The Morgan fingerprint density at radius 1 is 1.20 bits per heavy atom. The lowest BCUT2D eigenvalue weighted by atomic mass is 9.85. The maximum Gasteiger partial charge on any atom is 0.252 e. The Morgan fingerprint density at radius 3 is 2.84 bits per heavy atom. The number of nitrogens with zero attached hydrogens (tertiary/aromatic N) is 1. The van der Waals surface area contributed by atoms with Crippen LogP contribution in [0.3, 0.4) is 0 Å². The Labute approximate surface area is 147 Å². The summed E-state index contributed by atoms with van der Waals surface area (Å²) in [6.07, 6.45) is 7.24. The van der Waals surface area contributed by atoms with Gasteiger partial charge in [0.25, 0.3) is 5.91 Å². The molecule has 2 N–H and O–H groups in total. The van der Waals surface area contributed by atoms with Gasteiger partial charge in [-0.25, -0.2) is 0 Å². The van der Waals surface area contributed by atoms with Crippen molar-refractivity contribution in [3.63, 3.8) is 0 Å². The smallest absolute Gasteiger partial charge is 0.252 e. The molecule has 1 aromatic heterocycles. The fourth-order valence-corrected chi connectivity index (χ4v) is 3.43. The van der Waals surface area contributed by atoms with Gasteiger partial charge in [-0.3, -0.25) is 9.78 Å². The van der Waals surface area contributed by atoms with Gasteiger partial charge in [0.05, 0.1) is 5.57 Å². The predicted octanol–water partition coefficient (Wildman–Crippen LogP) is 2.30. The number of rotatable bonds is 3. The van der Waals surface area contributed by atoms with Crippen LogP contribution < -0.4 is 15.4 Å². The molecule has 5 nitrogen and oxygen atoms in total. The second-order valence-electron chi connectivity index (χ2n) is 6.51. The molecule has 25 heavy (non-hydrogen) atoms. The number of carbonyl (C=O) groups is 1. The summed E-state index contributed by atoms with van der Waals surface area (Å²) in [6, 6.07) is 11.6. The highest BCUT2D eigenvalue weighted by molar-refractivity contribution is 6.20. The Hall–Kier alpha value is -2.66. The fourth-order valence-electron chi connectivity index (χ4n) is 3.43. The van der Waals surface area contributed by atoms with Crippen LogP contribution in [-0.4, -0.2) is 29.6 Å². The molecule has 5 heteroatoms. The molecule has 0 atom stereocenters. The molecule has 0 unspecified atom stereocenters. The van der Waals surface area contributed by atoms with Crippen molar-refractivity contribution < 1.29 is 9.53 Å². The zero-order valence-corrected chi connectivity index (χ0v) is 14.0. The van der Waals surface area contributed by atoms with E-state index in [-0.39, 0.29) is 11.5 Å². The zero-order chi connectivity index (χ0) is 17.1. The van der Waals surface area contributed by atoms with Gasteiger partial charge in [0, 0.05) is 37.3 Å². The van der Waals surface area contributed by atoms with E-state index in [1.807, 2.05) is 42.5 Å². The topological polar surface area (TPSA) is 63.2 Å². The molecule has 2 aliphatic rings. The number of hydrogen-bond acceptors (Lipinski definition) is 4. The molecule has 3 heterocycles. The summed E-state index contributed by atoms with van der Waals surface area (Å²) in [6.45, 7) is 2.24. The molecule has 1 saturated heterocycles. The molecule has 0 aliphatic carbocycles. The van der Waals surface area contributed by atoms with Crippen LogP contribution in [0.1, 0.15) is 24.0 Å². The molecule has 128 valence electrons. The van der Waals surface area contributed by atoms with Gasteiger partial charge < -0.3 is 15.4 Å². The van der Waals surface area contributed by atoms with E-state index in [0.29, 0.717) is 12.1 Å². The molecule has 1 spiro atoms. The maximum absolute atomic E-state index is 12.9. The van der Waals surface area contributed by atoms with Crippen LogP contribution in [0, 0.1) is 0 Å². The number of para-hydroxylation sites is 1. The van der Waals surface area contributed by atoms with E-state index in [9.17, 15) is 4.79 Å². The lowest BCUT2D eigenvalue weighted by Gasteiger charge is -2.39. The van der Waals surface area contributed by atoms with Crippen LogP contribution in [-0.2, 0) is 11.3 Å². The maximum atomic E-state index is 12.9. The van der Waals surface area contributed by atoms with Crippen LogP contribution in [0.4, 0.5) is 0 Å². The normalized spacial score (nSPS) is 18.0. The SMILES string of the molecule is O=C(NCc1cccnc1)C1=CC2(CCNCC2)Oc2ccccc21. The predicted molar refractivity (Wildman–Crippen MR) is 96.0 cm³/mol. The number of amides is 1. The third-order valence-electron chi connectivity index (χ3n) is 4.77. The van der Waals surface area contributed by atoms with Crippen LogP contribution >= 0.6 is 0 Å². The highest BCUT2D eigenvalue weighted by atomic mass is 16.5. The first-order valence-electron chi connectivity index (χ1n) is 8.65.